The number of fused-ring (bicyclic) bond motifs is 2. The molecule has 1 aromatic heterocycles. The van der Waals surface area contributed by atoms with Crippen molar-refractivity contribution in [1.29, 1.82) is 0 Å². The summed E-state index contributed by atoms with van der Waals surface area (Å²) >= 11 is 0. The number of aryl methyl sites for hydroxylation is 2. The molecule has 7 heteroatoms. The van der Waals surface area contributed by atoms with Gasteiger partial charge in [-0.05, 0) is 57.1 Å². The second kappa shape index (κ2) is 7.19. The van der Waals surface area contributed by atoms with Crippen molar-refractivity contribution in [3.8, 4) is 0 Å². The van der Waals surface area contributed by atoms with E-state index in [9.17, 15) is 8.42 Å². The van der Waals surface area contributed by atoms with Crippen LogP contribution in [-0.4, -0.2) is 67.5 Å². The third-order valence-electron chi connectivity index (χ3n) is 6.14. The van der Waals surface area contributed by atoms with Crippen molar-refractivity contribution in [2.75, 3.05) is 32.8 Å². The van der Waals surface area contributed by atoms with Gasteiger partial charge in [-0.3, -0.25) is 9.88 Å². The Morgan fingerprint density at radius 1 is 1.15 bits per heavy atom. The van der Waals surface area contributed by atoms with Crippen molar-refractivity contribution < 1.29 is 13.2 Å². The second-order valence-electron chi connectivity index (χ2n) is 8.06. The van der Waals surface area contributed by atoms with E-state index in [4.69, 9.17) is 4.74 Å². The van der Waals surface area contributed by atoms with Crippen molar-refractivity contribution >= 4 is 10.0 Å². The lowest BCUT2D eigenvalue weighted by Gasteiger charge is -2.40. The lowest BCUT2D eigenvalue weighted by atomic mass is 9.92. The first-order chi connectivity index (χ1) is 12.4. The van der Waals surface area contributed by atoms with Gasteiger partial charge in [-0.1, -0.05) is 0 Å². The third-order valence-corrected chi connectivity index (χ3v) is 8.27. The SMILES string of the molecule is Cc1cc(C)c(S(=O)(=O)N2C3CCC2CC(CN2CCOCC2)C3)cn1. The number of pyridine rings is 1. The van der Waals surface area contributed by atoms with Crippen LogP contribution in [0.25, 0.3) is 0 Å². The minimum Gasteiger partial charge on any atom is -0.379 e. The molecule has 2 bridgehead atoms. The Hall–Kier alpha value is -1.02. The Labute approximate surface area is 156 Å². The lowest BCUT2D eigenvalue weighted by molar-refractivity contribution is 0.0235. The molecule has 144 valence electrons. The normalized spacial score (nSPS) is 30.6. The highest BCUT2D eigenvalue weighted by Gasteiger charge is 2.47. The molecule has 1 aromatic rings. The van der Waals surface area contributed by atoms with E-state index in [1.165, 1.54) is 0 Å². The van der Waals surface area contributed by atoms with Crippen molar-refractivity contribution in [1.82, 2.24) is 14.2 Å². The Morgan fingerprint density at radius 3 is 2.42 bits per heavy atom. The second-order valence-corrected chi connectivity index (χ2v) is 9.87. The van der Waals surface area contributed by atoms with Crippen LogP contribution >= 0.6 is 0 Å². The highest BCUT2D eigenvalue weighted by molar-refractivity contribution is 7.89. The topological polar surface area (TPSA) is 62.7 Å². The molecular formula is C19H29N3O3S. The summed E-state index contributed by atoms with van der Waals surface area (Å²) in [6.45, 7) is 8.48. The molecule has 0 saturated carbocycles. The molecule has 3 saturated heterocycles. The molecule has 2 atom stereocenters. The van der Waals surface area contributed by atoms with E-state index in [0.29, 0.717) is 10.8 Å². The summed E-state index contributed by atoms with van der Waals surface area (Å²) in [7, 11) is -3.46. The minimum absolute atomic E-state index is 0.144. The lowest BCUT2D eigenvalue weighted by Crippen LogP contribution is -2.49. The molecule has 26 heavy (non-hydrogen) atoms. The predicted molar refractivity (Wildman–Crippen MR) is 99.5 cm³/mol. The van der Waals surface area contributed by atoms with Gasteiger partial charge in [0.2, 0.25) is 10.0 Å². The zero-order valence-electron chi connectivity index (χ0n) is 15.7. The van der Waals surface area contributed by atoms with Crippen LogP contribution < -0.4 is 0 Å². The number of sulfonamides is 1. The Balaban J connectivity index is 1.50. The zero-order chi connectivity index (χ0) is 18.3. The number of piperidine rings is 1. The Bertz CT molecular complexity index is 747. The zero-order valence-corrected chi connectivity index (χ0v) is 16.5. The van der Waals surface area contributed by atoms with Gasteiger partial charge >= 0.3 is 0 Å². The molecule has 6 nitrogen and oxygen atoms in total. The fourth-order valence-corrected chi connectivity index (χ4v) is 7.05. The molecule has 0 amide bonds. The van der Waals surface area contributed by atoms with Crippen molar-refractivity contribution in [3.63, 3.8) is 0 Å². The largest absolute Gasteiger partial charge is 0.379 e. The van der Waals surface area contributed by atoms with E-state index >= 15 is 0 Å². The molecule has 2 unspecified atom stereocenters. The average molecular weight is 380 g/mol. The molecule has 0 aliphatic carbocycles. The van der Waals surface area contributed by atoms with Gasteiger partial charge in [-0.25, -0.2) is 8.42 Å². The molecule has 4 heterocycles. The van der Waals surface area contributed by atoms with E-state index in [0.717, 1.165) is 69.8 Å². The third kappa shape index (κ3) is 3.42. The molecule has 0 radical (unpaired) electrons. The summed E-state index contributed by atoms with van der Waals surface area (Å²) < 4.78 is 33.9. The van der Waals surface area contributed by atoms with E-state index in [1.807, 2.05) is 24.2 Å². The van der Waals surface area contributed by atoms with Crippen LogP contribution in [0.15, 0.2) is 17.2 Å². The summed E-state index contributed by atoms with van der Waals surface area (Å²) in [4.78, 5) is 7.10. The van der Waals surface area contributed by atoms with Gasteiger partial charge in [0.15, 0.2) is 0 Å². The van der Waals surface area contributed by atoms with Crippen molar-refractivity contribution in [3.05, 3.63) is 23.5 Å². The van der Waals surface area contributed by atoms with Crippen molar-refractivity contribution in [2.24, 2.45) is 5.92 Å². The van der Waals surface area contributed by atoms with Crippen LogP contribution in [0.1, 0.15) is 36.9 Å². The standard InChI is InChI=1S/C19H29N3O3S/c1-14-9-15(2)20-12-19(14)26(23,24)22-17-3-4-18(22)11-16(10-17)13-21-5-7-25-8-6-21/h9,12,16-18H,3-8,10-11,13H2,1-2H3. The predicted octanol–water partition coefficient (Wildman–Crippen LogP) is 1.96. The highest BCUT2D eigenvalue weighted by Crippen LogP contribution is 2.42. The molecule has 0 aromatic carbocycles. The van der Waals surface area contributed by atoms with Crippen LogP contribution in [-0.2, 0) is 14.8 Å². The van der Waals surface area contributed by atoms with Gasteiger partial charge < -0.3 is 4.74 Å². The Morgan fingerprint density at radius 2 is 1.81 bits per heavy atom. The summed E-state index contributed by atoms with van der Waals surface area (Å²) in [5.74, 6) is 0.592. The average Bonchev–Trinajstić information content (AvgIpc) is 2.88. The number of rotatable bonds is 4. The van der Waals surface area contributed by atoms with Crippen LogP contribution in [0.2, 0.25) is 0 Å². The number of ether oxygens (including phenoxy) is 1. The van der Waals surface area contributed by atoms with Crippen molar-refractivity contribution in [2.45, 2.75) is 56.5 Å². The first-order valence-electron chi connectivity index (χ1n) is 9.72. The minimum atomic E-state index is -3.46. The first-order valence-corrected chi connectivity index (χ1v) is 11.2. The van der Waals surface area contributed by atoms with Gasteiger partial charge in [0, 0.05) is 43.6 Å². The molecule has 0 N–H and O–H groups in total. The van der Waals surface area contributed by atoms with Gasteiger partial charge in [0.1, 0.15) is 4.90 Å². The Kier molecular flexibility index (Phi) is 5.07. The number of hydrogen-bond donors (Lipinski definition) is 0. The first kappa shape index (κ1) is 18.3. The van der Waals surface area contributed by atoms with Gasteiger partial charge in [-0.15, -0.1) is 0 Å². The molecule has 3 aliphatic rings. The fourth-order valence-electron chi connectivity index (χ4n) is 5.00. The maximum atomic E-state index is 13.3. The summed E-state index contributed by atoms with van der Waals surface area (Å²) in [5, 5.41) is 0. The maximum Gasteiger partial charge on any atom is 0.245 e. The molecule has 3 aliphatic heterocycles. The monoisotopic (exact) mass is 379 g/mol. The van der Waals surface area contributed by atoms with Crippen LogP contribution in [0.4, 0.5) is 0 Å². The summed E-state index contributed by atoms with van der Waals surface area (Å²) in [6, 6.07) is 2.15. The molecule has 3 fully saturated rings. The van der Waals surface area contributed by atoms with Gasteiger partial charge in [-0.2, -0.15) is 4.31 Å². The summed E-state index contributed by atoms with van der Waals surface area (Å²) in [6.07, 6.45) is 5.47. The van der Waals surface area contributed by atoms with Crippen LogP contribution in [0.3, 0.4) is 0 Å². The quantitative estimate of drug-likeness (QED) is 0.800. The summed E-state index contributed by atoms with van der Waals surface area (Å²) in [5.41, 5.74) is 1.65. The van der Waals surface area contributed by atoms with Gasteiger partial charge in [0.25, 0.3) is 0 Å². The number of hydrogen-bond acceptors (Lipinski definition) is 5. The highest BCUT2D eigenvalue weighted by atomic mass is 32.2. The van der Waals surface area contributed by atoms with E-state index in [-0.39, 0.29) is 12.1 Å². The molecular weight excluding hydrogens is 350 g/mol. The van der Waals surface area contributed by atoms with Crippen LogP contribution in [0.5, 0.6) is 0 Å². The smallest absolute Gasteiger partial charge is 0.245 e. The van der Waals surface area contributed by atoms with Crippen LogP contribution in [0, 0.1) is 19.8 Å². The number of nitrogens with zero attached hydrogens (tertiary/aromatic N) is 3. The molecule has 4 rings (SSSR count). The molecule has 0 spiro atoms. The van der Waals surface area contributed by atoms with E-state index in [1.54, 1.807) is 6.20 Å². The van der Waals surface area contributed by atoms with E-state index < -0.39 is 10.0 Å². The number of morpholine rings is 1. The van der Waals surface area contributed by atoms with Gasteiger partial charge in [0.05, 0.1) is 13.2 Å². The number of aromatic nitrogens is 1. The maximum absolute atomic E-state index is 13.3. The van der Waals surface area contributed by atoms with E-state index in [2.05, 4.69) is 9.88 Å². The fraction of sp³-hybridized carbons (Fsp3) is 0.737.